The monoisotopic (exact) mass is 340 g/mol. The Labute approximate surface area is 126 Å². The van der Waals surface area contributed by atoms with Crippen LogP contribution in [0.15, 0.2) is 36.1 Å². The maximum absolute atomic E-state index is 9.98. The van der Waals surface area contributed by atoms with Crippen molar-refractivity contribution in [3.05, 3.63) is 51.0 Å². The molecule has 2 nitrogen and oxygen atoms in total. The summed E-state index contributed by atoms with van der Waals surface area (Å²) in [6.07, 6.45) is 15.1. The smallest absolute Gasteiger partial charge is 0.876 e. The first-order valence-electron chi connectivity index (χ1n) is 5.29. The predicted octanol–water partition coefficient (Wildman–Crippen LogP) is 3.41. The molecule has 0 amide bonds. The molecule has 0 heterocycles. The Morgan fingerprint density at radius 1 is 0.944 bits per heavy atom. The summed E-state index contributed by atoms with van der Waals surface area (Å²) < 4.78 is 0. The third-order valence-corrected chi connectivity index (χ3v) is 1.74. The molecule has 0 saturated heterocycles. The van der Waals surface area contributed by atoms with Crippen molar-refractivity contribution in [2.45, 2.75) is 39.5 Å². The van der Waals surface area contributed by atoms with Gasteiger partial charge in [-0.3, -0.25) is 4.79 Å². The van der Waals surface area contributed by atoms with Crippen LogP contribution in [0.25, 0.3) is 0 Å². The number of ketones is 1. The van der Waals surface area contributed by atoms with E-state index in [2.05, 4.69) is 24.3 Å². The van der Waals surface area contributed by atoms with Crippen molar-refractivity contribution in [1.82, 2.24) is 0 Å². The first-order chi connectivity index (χ1) is 7.13. The van der Waals surface area contributed by atoms with Crippen molar-refractivity contribution >= 4 is 5.78 Å². The summed E-state index contributed by atoms with van der Waals surface area (Å²) in [6.45, 7) is 2.70. The number of hydrogen-bond acceptors (Lipinski definition) is 2. The molecule has 1 aliphatic rings. The Bertz CT molecular complexity index is 236. The van der Waals surface area contributed by atoms with Crippen LogP contribution in [-0.4, -0.2) is 5.78 Å². The molecule has 0 spiro atoms. The van der Waals surface area contributed by atoms with Gasteiger partial charge in [0.1, 0.15) is 0 Å². The fraction of sp³-hybridized carbons (Fsp3) is 0.400. The molecule has 106 valence electrons. The molecule has 1 aliphatic carbocycles. The summed E-state index contributed by atoms with van der Waals surface area (Å²) >= 11 is 0. The van der Waals surface area contributed by atoms with E-state index in [0.29, 0.717) is 0 Å². The standard InChI is InChI=1S/C8H12.C5H8O2.2CH3.Rh/c1-2-4-6-8-7-5-3-1;1-4(6)3-5(2)7;;;/h1-2,7-8H,3-6H2;3,6H,1-2H3;2*1H3;/q;;2*-1;+3/p-1/b2-1-,8-7-;4-3-;;;. The Balaban J connectivity index is -0.0000000942. The Morgan fingerprint density at radius 2 is 1.22 bits per heavy atom. The second-order valence-electron chi connectivity index (χ2n) is 3.46. The SMILES string of the molecule is C1=C\CC/C=C\CC/1.CC(=O)/C=C(/C)[O-].[CH3-].[CH3-].[Rh+3]. The maximum Gasteiger partial charge on any atom is 3.00 e. The van der Waals surface area contributed by atoms with Gasteiger partial charge in [-0.1, -0.05) is 31.2 Å². The Kier molecular flexibility index (Phi) is 27.0. The minimum atomic E-state index is -0.187. The van der Waals surface area contributed by atoms with Gasteiger partial charge in [0.05, 0.1) is 0 Å². The first-order valence-corrected chi connectivity index (χ1v) is 5.29. The van der Waals surface area contributed by atoms with Crippen LogP contribution < -0.4 is 5.11 Å². The van der Waals surface area contributed by atoms with Gasteiger partial charge in [0, 0.05) is 0 Å². The molecule has 0 aromatic rings. The number of rotatable bonds is 1. The molecule has 0 aliphatic heterocycles. The minimum Gasteiger partial charge on any atom is -0.876 e. The summed E-state index contributed by atoms with van der Waals surface area (Å²) in [4.78, 5) is 9.98. The second-order valence-corrected chi connectivity index (χ2v) is 3.46. The molecule has 1 rings (SSSR count). The molecular weight excluding hydrogens is 315 g/mol. The molecule has 0 saturated carbocycles. The topological polar surface area (TPSA) is 40.1 Å². The summed E-state index contributed by atoms with van der Waals surface area (Å²) in [5, 5.41) is 9.98. The van der Waals surface area contributed by atoms with Gasteiger partial charge in [0.15, 0.2) is 5.78 Å². The quantitative estimate of drug-likeness (QED) is 0.241. The number of hydrogen-bond donors (Lipinski definition) is 0. The van der Waals surface area contributed by atoms with Crippen LogP contribution in [0.2, 0.25) is 0 Å². The molecule has 0 unspecified atom stereocenters. The molecule has 0 atom stereocenters. The van der Waals surface area contributed by atoms with Crippen molar-refractivity contribution in [1.29, 1.82) is 0 Å². The fourth-order valence-corrected chi connectivity index (χ4v) is 1.14. The van der Waals surface area contributed by atoms with E-state index in [1.807, 2.05) is 0 Å². The van der Waals surface area contributed by atoms with Gasteiger partial charge in [0.25, 0.3) is 0 Å². The maximum atomic E-state index is 9.98. The van der Waals surface area contributed by atoms with Crippen LogP contribution in [0, 0.1) is 14.9 Å². The van der Waals surface area contributed by atoms with Crippen molar-refractivity contribution < 1.29 is 29.4 Å². The molecular formula is C15H25O2Rh. The summed E-state index contributed by atoms with van der Waals surface area (Å²) in [6, 6.07) is 0. The zero-order valence-electron chi connectivity index (χ0n) is 11.9. The van der Waals surface area contributed by atoms with Crippen LogP contribution in [0.1, 0.15) is 39.5 Å². The average molecular weight is 340 g/mol. The normalized spacial score (nSPS) is 16.9. The predicted molar refractivity (Wildman–Crippen MR) is 74.0 cm³/mol. The average Bonchev–Trinajstić information content (AvgIpc) is 1.99. The fourth-order valence-electron chi connectivity index (χ4n) is 1.14. The van der Waals surface area contributed by atoms with Gasteiger partial charge >= 0.3 is 19.5 Å². The van der Waals surface area contributed by atoms with Crippen molar-refractivity contribution in [2.24, 2.45) is 0 Å². The molecule has 0 fully saturated rings. The van der Waals surface area contributed by atoms with Crippen molar-refractivity contribution in [3.63, 3.8) is 0 Å². The molecule has 0 bridgehead atoms. The van der Waals surface area contributed by atoms with E-state index in [0.717, 1.165) is 6.08 Å². The van der Waals surface area contributed by atoms with E-state index in [1.165, 1.54) is 39.5 Å². The van der Waals surface area contributed by atoms with Gasteiger partial charge < -0.3 is 20.0 Å². The molecule has 18 heavy (non-hydrogen) atoms. The van der Waals surface area contributed by atoms with Crippen LogP contribution in [0.4, 0.5) is 0 Å². The molecule has 0 aromatic heterocycles. The summed E-state index contributed by atoms with van der Waals surface area (Å²) in [5.41, 5.74) is 0. The van der Waals surface area contributed by atoms with Gasteiger partial charge in [-0.05, 0) is 38.7 Å². The van der Waals surface area contributed by atoms with Gasteiger partial charge in [-0.15, -0.1) is 5.76 Å². The number of carbonyl (C=O) groups excluding carboxylic acids is 1. The second kappa shape index (κ2) is 18.7. The summed E-state index contributed by atoms with van der Waals surface area (Å²) in [5.74, 6) is -0.375. The van der Waals surface area contributed by atoms with Crippen molar-refractivity contribution in [2.75, 3.05) is 0 Å². The molecule has 0 radical (unpaired) electrons. The van der Waals surface area contributed by atoms with Crippen LogP contribution >= 0.6 is 0 Å². The Hall–Kier alpha value is -0.687. The van der Waals surface area contributed by atoms with Crippen LogP contribution in [0.3, 0.4) is 0 Å². The minimum absolute atomic E-state index is 0. The van der Waals surface area contributed by atoms with E-state index in [9.17, 15) is 9.90 Å². The van der Waals surface area contributed by atoms with Crippen LogP contribution in [0.5, 0.6) is 0 Å². The zero-order chi connectivity index (χ0) is 11.5. The molecule has 3 heteroatoms. The number of allylic oxidation sites excluding steroid dienone is 6. The summed E-state index contributed by atoms with van der Waals surface area (Å²) in [7, 11) is 0. The van der Waals surface area contributed by atoms with E-state index >= 15 is 0 Å². The van der Waals surface area contributed by atoms with Gasteiger partial charge in [-0.25, -0.2) is 0 Å². The third-order valence-electron chi connectivity index (χ3n) is 1.74. The molecule has 0 N–H and O–H groups in total. The molecule has 0 aromatic carbocycles. The zero-order valence-corrected chi connectivity index (χ0v) is 13.5. The van der Waals surface area contributed by atoms with Gasteiger partial charge in [-0.2, -0.15) is 0 Å². The van der Waals surface area contributed by atoms with E-state index in [4.69, 9.17) is 0 Å². The largest absolute Gasteiger partial charge is 3.00 e. The third kappa shape index (κ3) is 24.5. The number of carbonyl (C=O) groups is 1. The Morgan fingerprint density at radius 3 is 1.33 bits per heavy atom. The van der Waals surface area contributed by atoms with E-state index in [1.54, 1.807) is 0 Å². The van der Waals surface area contributed by atoms with Crippen molar-refractivity contribution in [3.8, 4) is 0 Å². The van der Waals surface area contributed by atoms with E-state index < -0.39 is 0 Å². The first kappa shape index (κ1) is 26.0. The van der Waals surface area contributed by atoms with E-state index in [-0.39, 0.29) is 45.9 Å². The van der Waals surface area contributed by atoms with Gasteiger partial charge in [0.2, 0.25) is 0 Å². The van der Waals surface area contributed by atoms with Crippen LogP contribution in [-0.2, 0) is 24.3 Å².